The van der Waals surface area contributed by atoms with Crippen molar-refractivity contribution in [3.63, 3.8) is 0 Å². The molecule has 1 aliphatic carbocycles. The number of carbonyl (C=O) groups excluding carboxylic acids is 1. The highest BCUT2D eigenvalue weighted by atomic mass is 19.1. The normalized spacial score (nSPS) is 16.9. The van der Waals surface area contributed by atoms with Gasteiger partial charge >= 0.3 is 0 Å². The molecule has 2 aromatic rings. The second-order valence-corrected chi connectivity index (χ2v) is 7.33. The minimum atomic E-state index is -0.667. The SMILES string of the molecule is C=C(CCCn1cc2c(n1)CCC2)C(=O)N1N=CCC1c1cc(F)cc(F)c1.CC. The summed E-state index contributed by atoms with van der Waals surface area (Å²) >= 11 is 0. The Labute approximate surface area is 176 Å². The molecule has 0 fully saturated rings. The summed E-state index contributed by atoms with van der Waals surface area (Å²) in [6.45, 7) is 8.62. The van der Waals surface area contributed by atoms with E-state index in [4.69, 9.17) is 0 Å². The molecule has 160 valence electrons. The van der Waals surface area contributed by atoms with Crippen LogP contribution < -0.4 is 0 Å². The van der Waals surface area contributed by atoms with Gasteiger partial charge in [-0.15, -0.1) is 0 Å². The minimum Gasteiger partial charge on any atom is -0.272 e. The fourth-order valence-corrected chi connectivity index (χ4v) is 3.86. The van der Waals surface area contributed by atoms with Gasteiger partial charge in [-0.25, -0.2) is 13.8 Å². The smallest absolute Gasteiger partial charge is 0.269 e. The fraction of sp³-hybridized carbons (Fsp3) is 0.435. The van der Waals surface area contributed by atoms with E-state index in [0.717, 1.165) is 31.9 Å². The van der Waals surface area contributed by atoms with Crippen molar-refractivity contribution in [2.45, 2.75) is 65.0 Å². The lowest BCUT2D eigenvalue weighted by molar-refractivity contribution is -0.129. The Morgan fingerprint density at radius 1 is 1.20 bits per heavy atom. The third-order valence-electron chi connectivity index (χ3n) is 5.26. The zero-order valence-electron chi connectivity index (χ0n) is 17.6. The molecular weight excluding hydrogens is 386 g/mol. The lowest BCUT2D eigenvalue weighted by atomic mass is 10.0. The standard InChI is InChI=1S/C21H22F2N4O.C2H6/c1-14(4-3-9-26-13-15-5-2-6-19(15)25-26)21(28)27-20(7-8-24-27)16-10-17(22)12-18(23)11-16;1-2/h8,10-13,20H,1-7,9H2;1-2H3. The van der Waals surface area contributed by atoms with Gasteiger partial charge < -0.3 is 0 Å². The van der Waals surface area contributed by atoms with Crippen LogP contribution in [-0.4, -0.2) is 26.9 Å². The van der Waals surface area contributed by atoms with Crippen molar-refractivity contribution in [1.29, 1.82) is 0 Å². The summed E-state index contributed by atoms with van der Waals surface area (Å²) in [5, 5.41) is 9.96. The van der Waals surface area contributed by atoms with E-state index < -0.39 is 17.7 Å². The molecule has 30 heavy (non-hydrogen) atoms. The Morgan fingerprint density at radius 2 is 1.93 bits per heavy atom. The van der Waals surface area contributed by atoms with Crippen molar-refractivity contribution in [3.05, 3.63) is 65.0 Å². The van der Waals surface area contributed by atoms with Crippen LogP contribution in [0, 0.1) is 11.6 Å². The molecule has 7 heteroatoms. The lowest BCUT2D eigenvalue weighted by Crippen LogP contribution is -2.28. The first kappa shape index (κ1) is 21.9. The van der Waals surface area contributed by atoms with Crippen LogP contribution in [0.3, 0.4) is 0 Å². The lowest BCUT2D eigenvalue weighted by Gasteiger charge is -2.23. The number of hydrogen-bond acceptors (Lipinski definition) is 3. The molecule has 0 N–H and O–H groups in total. The molecule has 0 spiro atoms. The van der Waals surface area contributed by atoms with E-state index in [1.54, 1.807) is 6.21 Å². The monoisotopic (exact) mass is 414 g/mol. The number of nitrogens with zero attached hydrogens (tertiary/aromatic N) is 4. The number of aromatic nitrogens is 2. The van der Waals surface area contributed by atoms with E-state index in [9.17, 15) is 13.6 Å². The van der Waals surface area contributed by atoms with E-state index >= 15 is 0 Å². The third kappa shape index (κ3) is 4.83. The van der Waals surface area contributed by atoms with E-state index in [1.165, 1.54) is 34.8 Å². The number of aryl methyl sites for hydroxylation is 3. The van der Waals surface area contributed by atoms with Crippen LogP contribution in [0.5, 0.6) is 0 Å². The fourth-order valence-electron chi connectivity index (χ4n) is 3.86. The van der Waals surface area contributed by atoms with E-state index in [-0.39, 0.29) is 5.91 Å². The van der Waals surface area contributed by atoms with Gasteiger partial charge in [0.15, 0.2) is 0 Å². The number of halogens is 2. The quantitative estimate of drug-likeness (QED) is 0.627. The largest absolute Gasteiger partial charge is 0.272 e. The van der Waals surface area contributed by atoms with Gasteiger partial charge in [0.1, 0.15) is 11.6 Å². The topological polar surface area (TPSA) is 50.5 Å². The van der Waals surface area contributed by atoms with Gasteiger partial charge in [0, 0.05) is 37.0 Å². The molecule has 5 nitrogen and oxygen atoms in total. The zero-order valence-corrected chi connectivity index (χ0v) is 17.6. The second kappa shape index (κ2) is 9.78. The van der Waals surface area contributed by atoms with Crippen molar-refractivity contribution in [3.8, 4) is 0 Å². The van der Waals surface area contributed by atoms with Crippen molar-refractivity contribution in [1.82, 2.24) is 14.8 Å². The predicted octanol–water partition coefficient (Wildman–Crippen LogP) is 4.97. The molecule has 1 atom stereocenters. The molecule has 0 saturated heterocycles. The number of benzene rings is 1. The Bertz CT molecular complexity index is 909. The Hall–Kier alpha value is -2.83. The highest BCUT2D eigenvalue weighted by molar-refractivity contribution is 5.94. The second-order valence-electron chi connectivity index (χ2n) is 7.33. The summed E-state index contributed by atoms with van der Waals surface area (Å²) in [6, 6.07) is 2.78. The van der Waals surface area contributed by atoms with Crippen LogP contribution in [0.4, 0.5) is 8.78 Å². The summed E-state index contributed by atoms with van der Waals surface area (Å²) < 4.78 is 29.0. The van der Waals surface area contributed by atoms with Crippen LogP contribution in [-0.2, 0) is 24.2 Å². The molecule has 1 aromatic heterocycles. The highest BCUT2D eigenvalue weighted by Gasteiger charge is 2.30. The van der Waals surface area contributed by atoms with E-state index in [0.29, 0.717) is 24.0 Å². The van der Waals surface area contributed by atoms with Gasteiger partial charge in [-0.2, -0.15) is 10.2 Å². The summed E-state index contributed by atoms with van der Waals surface area (Å²) in [6.07, 6.45) is 8.66. The van der Waals surface area contributed by atoms with Gasteiger partial charge in [0.2, 0.25) is 0 Å². The van der Waals surface area contributed by atoms with E-state index in [2.05, 4.69) is 23.0 Å². The molecule has 1 aliphatic heterocycles. The first-order chi connectivity index (χ1) is 14.5. The molecule has 1 unspecified atom stereocenters. The number of amides is 1. The van der Waals surface area contributed by atoms with E-state index in [1.807, 2.05) is 18.5 Å². The Morgan fingerprint density at radius 3 is 2.63 bits per heavy atom. The number of hydrazone groups is 1. The molecule has 2 aliphatic rings. The average Bonchev–Trinajstić information content (AvgIpc) is 3.44. The Balaban J connectivity index is 0.00000124. The molecular formula is C23H28F2N4O. The summed E-state index contributed by atoms with van der Waals surface area (Å²) in [5.74, 6) is -1.65. The van der Waals surface area contributed by atoms with Crippen LogP contribution in [0.15, 0.2) is 41.6 Å². The predicted molar refractivity (Wildman–Crippen MR) is 113 cm³/mol. The average molecular weight is 415 g/mol. The van der Waals surface area contributed by atoms with Crippen molar-refractivity contribution < 1.29 is 13.6 Å². The van der Waals surface area contributed by atoms with Crippen LogP contribution in [0.1, 0.15) is 62.4 Å². The number of rotatable bonds is 6. The van der Waals surface area contributed by atoms with Gasteiger partial charge in [-0.05, 0) is 55.4 Å². The van der Waals surface area contributed by atoms with Gasteiger partial charge in [-0.3, -0.25) is 9.48 Å². The molecule has 1 amide bonds. The first-order valence-electron chi connectivity index (χ1n) is 10.6. The summed E-state index contributed by atoms with van der Waals surface area (Å²) in [4.78, 5) is 12.8. The van der Waals surface area contributed by atoms with Gasteiger partial charge in [-0.1, -0.05) is 20.4 Å². The molecule has 2 heterocycles. The first-order valence-corrected chi connectivity index (χ1v) is 10.6. The van der Waals surface area contributed by atoms with Crippen LogP contribution in [0.25, 0.3) is 0 Å². The van der Waals surface area contributed by atoms with Gasteiger partial charge in [0.05, 0.1) is 11.7 Å². The molecule has 1 aromatic carbocycles. The van der Waals surface area contributed by atoms with Crippen LogP contribution in [0.2, 0.25) is 0 Å². The Kier molecular flexibility index (Phi) is 7.13. The minimum absolute atomic E-state index is 0.314. The van der Waals surface area contributed by atoms with Crippen molar-refractivity contribution in [2.24, 2.45) is 5.10 Å². The van der Waals surface area contributed by atoms with Crippen molar-refractivity contribution in [2.75, 3.05) is 0 Å². The van der Waals surface area contributed by atoms with Crippen molar-refractivity contribution >= 4 is 12.1 Å². The molecule has 0 radical (unpaired) electrons. The zero-order chi connectivity index (χ0) is 21.7. The summed E-state index contributed by atoms with van der Waals surface area (Å²) in [5.41, 5.74) is 3.33. The number of hydrogen-bond donors (Lipinski definition) is 0. The highest BCUT2D eigenvalue weighted by Crippen LogP contribution is 2.31. The number of carbonyl (C=O) groups is 1. The third-order valence-corrected chi connectivity index (χ3v) is 5.26. The maximum atomic E-state index is 13.5. The summed E-state index contributed by atoms with van der Waals surface area (Å²) in [7, 11) is 0. The molecule has 0 bridgehead atoms. The number of fused-ring (bicyclic) bond motifs is 1. The molecule has 4 rings (SSSR count). The van der Waals surface area contributed by atoms with Gasteiger partial charge in [0.25, 0.3) is 5.91 Å². The van der Waals surface area contributed by atoms with Crippen LogP contribution >= 0.6 is 0 Å². The maximum absolute atomic E-state index is 13.5. The molecule has 0 saturated carbocycles. The maximum Gasteiger partial charge on any atom is 0.269 e.